The van der Waals surface area contributed by atoms with Crippen molar-refractivity contribution in [3.05, 3.63) is 0 Å². The van der Waals surface area contributed by atoms with Crippen molar-refractivity contribution in [3.63, 3.8) is 0 Å². The normalized spacial score (nSPS) is 12.2. The third-order valence-electron chi connectivity index (χ3n) is 3.74. The van der Waals surface area contributed by atoms with Crippen LogP contribution in [0.25, 0.3) is 0 Å². The fraction of sp³-hybridized carbons (Fsp3) is 1.00. The Labute approximate surface area is 124 Å². The van der Waals surface area contributed by atoms with Crippen LogP contribution in [0.3, 0.4) is 0 Å². The Kier molecular flexibility index (Phi) is 11.0. The molecular formula is C15H35InN2. The summed E-state index contributed by atoms with van der Waals surface area (Å²) in [4.78, 5) is 4.95. The van der Waals surface area contributed by atoms with E-state index in [2.05, 4.69) is 56.3 Å². The van der Waals surface area contributed by atoms with Crippen LogP contribution in [-0.4, -0.2) is 70.5 Å². The molecule has 0 fully saturated rings. The van der Waals surface area contributed by atoms with Gasteiger partial charge in [0.15, 0.2) is 0 Å². The van der Waals surface area contributed by atoms with Crippen LogP contribution in [0, 0.1) is 0 Å². The van der Waals surface area contributed by atoms with Gasteiger partial charge in [-0.1, -0.05) is 0 Å². The first kappa shape index (κ1) is 18.8. The standard InChI is InChI=1S/C9H20N.C5H12N.CH3.In/c1-6-7-10(8(2)3)9(4)5;1-4-5-6(2)3;;/h8-9H,1,6-7H2,2-5H3;1,4-5H2,2-3H3;1H3;. The minimum absolute atomic E-state index is 0.698. The molecule has 0 rings (SSSR count). The molecule has 0 unspecified atom stereocenters. The molecule has 0 spiro atoms. The van der Waals surface area contributed by atoms with Crippen molar-refractivity contribution in [3.8, 4) is 0 Å². The maximum atomic E-state index is 2.64. The van der Waals surface area contributed by atoms with Crippen LogP contribution in [0.2, 0.25) is 13.0 Å². The van der Waals surface area contributed by atoms with Crippen LogP contribution in [0.4, 0.5) is 0 Å². The van der Waals surface area contributed by atoms with Gasteiger partial charge in [-0.25, -0.2) is 0 Å². The van der Waals surface area contributed by atoms with E-state index < -0.39 is 21.4 Å². The fourth-order valence-electron chi connectivity index (χ4n) is 2.64. The van der Waals surface area contributed by atoms with Gasteiger partial charge in [-0.3, -0.25) is 0 Å². The zero-order valence-electron chi connectivity index (χ0n) is 13.9. The average molecular weight is 358 g/mol. The van der Waals surface area contributed by atoms with Crippen LogP contribution in [-0.2, 0) is 0 Å². The van der Waals surface area contributed by atoms with Crippen molar-refractivity contribution in [2.75, 3.05) is 27.2 Å². The van der Waals surface area contributed by atoms with Crippen LogP contribution < -0.4 is 0 Å². The van der Waals surface area contributed by atoms with Crippen LogP contribution >= 0.6 is 0 Å². The van der Waals surface area contributed by atoms with Crippen molar-refractivity contribution in [2.24, 2.45) is 0 Å². The second-order valence-corrected chi connectivity index (χ2v) is 16.2. The summed E-state index contributed by atoms with van der Waals surface area (Å²) >= 11 is -1.11. The summed E-state index contributed by atoms with van der Waals surface area (Å²) < 4.78 is 5.79. The monoisotopic (exact) mass is 358 g/mol. The molecule has 0 aliphatic carbocycles. The molecule has 0 aliphatic heterocycles. The van der Waals surface area contributed by atoms with E-state index in [1.165, 1.54) is 25.9 Å². The van der Waals surface area contributed by atoms with E-state index in [0.29, 0.717) is 12.1 Å². The zero-order valence-corrected chi connectivity index (χ0v) is 17.2. The summed E-state index contributed by atoms with van der Waals surface area (Å²) in [6.07, 6.45) is 2.87. The van der Waals surface area contributed by atoms with Gasteiger partial charge in [0.05, 0.1) is 0 Å². The van der Waals surface area contributed by atoms with E-state index in [9.17, 15) is 0 Å². The van der Waals surface area contributed by atoms with Gasteiger partial charge in [0.2, 0.25) is 0 Å². The van der Waals surface area contributed by atoms with E-state index in [-0.39, 0.29) is 0 Å². The molecule has 0 aliphatic rings. The maximum absolute atomic E-state index is 2.64. The molecule has 0 heterocycles. The van der Waals surface area contributed by atoms with Gasteiger partial charge in [-0.2, -0.15) is 0 Å². The molecule has 0 atom stereocenters. The van der Waals surface area contributed by atoms with Gasteiger partial charge < -0.3 is 0 Å². The van der Waals surface area contributed by atoms with Crippen molar-refractivity contribution < 1.29 is 0 Å². The quantitative estimate of drug-likeness (QED) is 0.589. The molecule has 0 amide bonds. The van der Waals surface area contributed by atoms with Crippen molar-refractivity contribution in [2.45, 2.75) is 65.7 Å². The molecule has 0 radical (unpaired) electrons. The summed E-state index contributed by atoms with van der Waals surface area (Å²) in [6, 6.07) is 1.40. The van der Waals surface area contributed by atoms with E-state index in [0.717, 1.165) is 0 Å². The molecular weight excluding hydrogens is 323 g/mol. The second-order valence-electron chi connectivity index (χ2n) is 6.62. The third-order valence-corrected chi connectivity index (χ3v) is 11.7. The van der Waals surface area contributed by atoms with Gasteiger partial charge in [-0.05, 0) is 0 Å². The van der Waals surface area contributed by atoms with Crippen molar-refractivity contribution >= 4 is 21.4 Å². The first-order valence-corrected chi connectivity index (χ1v) is 15.7. The summed E-state index contributed by atoms with van der Waals surface area (Å²) in [7, 11) is 4.37. The Morgan fingerprint density at radius 1 is 0.833 bits per heavy atom. The number of rotatable bonds is 10. The molecule has 0 aromatic heterocycles. The molecule has 0 saturated carbocycles. The summed E-state index contributed by atoms with van der Waals surface area (Å²) in [6.45, 7) is 11.9. The van der Waals surface area contributed by atoms with Gasteiger partial charge in [0.1, 0.15) is 0 Å². The zero-order chi connectivity index (χ0) is 14.1. The van der Waals surface area contributed by atoms with Gasteiger partial charge in [-0.15, -0.1) is 0 Å². The van der Waals surface area contributed by atoms with Gasteiger partial charge in [0.25, 0.3) is 0 Å². The summed E-state index contributed by atoms with van der Waals surface area (Å²) in [5, 5.41) is 0. The molecule has 0 N–H and O–H groups in total. The van der Waals surface area contributed by atoms with Crippen molar-refractivity contribution in [1.82, 2.24) is 9.80 Å². The Balaban J connectivity index is 3.68. The van der Waals surface area contributed by atoms with E-state index >= 15 is 0 Å². The SMILES string of the molecule is CC(C)N(CC[CH2][In]([CH3])[CH2]CCN(C)C)C(C)C. The number of nitrogens with zero attached hydrogens (tertiary/aromatic N) is 2. The van der Waals surface area contributed by atoms with Crippen LogP contribution in [0.5, 0.6) is 0 Å². The molecule has 3 heteroatoms. The first-order chi connectivity index (χ1) is 8.34. The summed E-state index contributed by atoms with van der Waals surface area (Å²) in [5.74, 6) is 0. The second kappa shape index (κ2) is 10.6. The van der Waals surface area contributed by atoms with Gasteiger partial charge in [0, 0.05) is 0 Å². The Bertz CT molecular complexity index is 185. The van der Waals surface area contributed by atoms with Crippen LogP contribution in [0.15, 0.2) is 0 Å². The van der Waals surface area contributed by atoms with E-state index in [4.69, 9.17) is 0 Å². The van der Waals surface area contributed by atoms with Gasteiger partial charge >= 0.3 is 124 Å². The average Bonchev–Trinajstić information content (AvgIpc) is 2.22. The Morgan fingerprint density at radius 3 is 1.67 bits per heavy atom. The molecule has 108 valence electrons. The summed E-state index contributed by atoms with van der Waals surface area (Å²) in [5.41, 5.74) is 0. The molecule has 18 heavy (non-hydrogen) atoms. The molecule has 2 nitrogen and oxygen atoms in total. The number of hydrogen-bond acceptors (Lipinski definition) is 2. The predicted octanol–water partition coefficient (Wildman–Crippen LogP) is 3.57. The van der Waals surface area contributed by atoms with E-state index in [1.807, 2.05) is 0 Å². The molecule has 0 aromatic carbocycles. The first-order valence-electron chi connectivity index (χ1n) is 7.75. The molecule has 0 aromatic rings. The van der Waals surface area contributed by atoms with E-state index in [1.54, 1.807) is 8.35 Å². The van der Waals surface area contributed by atoms with Crippen LogP contribution in [0.1, 0.15) is 40.5 Å². The van der Waals surface area contributed by atoms with Crippen molar-refractivity contribution in [1.29, 1.82) is 0 Å². The Hall–Kier alpha value is 0.790. The Morgan fingerprint density at radius 2 is 1.28 bits per heavy atom. The number of hydrogen-bond donors (Lipinski definition) is 0. The third kappa shape index (κ3) is 9.69. The predicted molar refractivity (Wildman–Crippen MR) is 86.0 cm³/mol. The molecule has 0 saturated heterocycles. The minimum atomic E-state index is -1.11. The topological polar surface area (TPSA) is 6.48 Å². The molecule has 0 bridgehead atoms. The fourth-order valence-corrected chi connectivity index (χ4v) is 8.48.